The molecule has 2 rings (SSSR count). The number of carbonyl (C=O) groups is 1. The summed E-state index contributed by atoms with van der Waals surface area (Å²) in [5, 5.41) is 0.478. The zero-order chi connectivity index (χ0) is 19.5. The smallest absolute Gasteiger partial charge is 0.282 e. The van der Waals surface area contributed by atoms with E-state index in [4.69, 9.17) is 16.3 Å². The van der Waals surface area contributed by atoms with E-state index in [2.05, 4.69) is 42.1 Å². The lowest BCUT2D eigenvalue weighted by molar-refractivity contribution is 0.0994. The normalized spacial score (nSPS) is 12.5. The van der Waals surface area contributed by atoms with Crippen LogP contribution in [-0.2, 0) is 19.0 Å². The standard InChI is InChI=1S/C20H28ClN3O2/c1-7-8-11-24-18(13-17(23(24)5)20(2,3)4)22-19(25)15-12-14(21)9-10-16(15)26-6/h9-10,12-13H,7-8,11H2,1-6H3. The van der Waals surface area contributed by atoms with Gasteiger partial charge in [0.25, 0.3) is 5.91 Å². The number of halogens is 1. The average molecular weight is 378 g/mol. The quantitative estimate of drug-likeness (QED) is 0.778. The van der Waals surface area contributed by atoms with Gasteiger partial charge in [-0.1, -0.05) is 45.7 Å². The Morgan fingerprint density at radius 1 is 1.27 bits per heavy atom. The Morgan fingerprint density at radius 3 is 2.54 bits per heavy atom. The molecule has 1 amide bonds. The highest BCUT2D eigenvalue weighted by Gasteiger charge is 2.21. The van der Waals surface area contributed by atoms with E-state index in [9.17, 15) is 4.79 Å². The van der Waals surface area contributed by atoms with Crippen molar-refractivity contribution in [1.82, 2.24) is 9.36 Å². The fraction of sp³-hybridized carbons (Fsp3) is 0.500. The van der Waals surface area contributed by atoms with Crippen molar-refractivity contribution in [1.29, 1.82) is 0 Å². The van der Waals surface area contributed by atoms with Crippen LogP contribution in [0.2, 0.25) is 5.02 Å². The van der Waals surface area contributed by atoms with Gasteiger partial charge in [0.2, 0.25) is 0 Å². The van der Waals surface area contributed by atoms with Crippen LogP contribution in [0.4, 0.5) is 0 Å². The molecule has 0 bridgehead atoms. The second kappa shape index (κ2) is 8.12. The van der Waals surface area contributed by atoms with Crippen LogP contribution in [0.5, 0.6) is 5.75 Å². The fourth-order valence-electron chi connectivity index (χ4n) is 2.95. The lowest BCUT2D eigenvalue weighted by Gasteiger charge is -2.20. The summed E-state index contributed by atoms with van der Waals surface area (Å²) in [5.41, 5.74) is 2.09. The molecule has 1 heterocycles. The highest BCUT2D eigenvalue weighted by Crippen LogP contribution is 2.24. The van der Waals surface area contributed by atoms with Crippen LogP contribution in [0.1, 0.15) is 56.6 Å². The van der Waals surface area contributed by atoms with Crippen molar-refractivity contribution in [3.05, 3.63) is 46.0 Å². The van der Waals surface area contributed by atoms with Crippen molar-refractivity contribution in [2.45, 2.75) is 52.5 Å². The Kier molecular flexibility index (Phi) is 6.34. The summed E-state index contributed by atoms with van der Waals surface area (Å²) in [4.78, 5) is 17.2. The number of carbonyl (C=O) groups excluding carboxylic acids is 1. The van der Waals surface area contributed by atoms with Crippen LogP contribution < -0.4 is 10.2 Å². The molecule has 142 valence electrons. The summed E-state index contributed by atoms with van der Waals surface area (Å²) < 4.78 is 9.43. The van der Waals surface area contributed by atoms with Crippen molar-refractivity contribution in [3.63, 3.8) is 0 Å². The van der Waals surface area contributed by atoms with Crippen LogP contribution >= 0.6 is 11.6 Å². The van der Waals surface area contributed by atoms with Gasteiger partial charge in [-0.25, -0.2) is 0 Å². The van der Waals surface area contributed by atoms with Gasteiger partial charge < -0.3 is 4.74 Å². The molecule has 0 radical (unpaired) electrons. The summed E-state index contributed by atoms with van der Waals surface area (Å²) in [6.07, 6.45) is 2.09. The van der Waals surface area contributed by atoms with Crippen molar-refractivity contribution in [3.8, 4) is 5.75 Å². The third kappa shape index (κ3) is 4.39. The van der Waals surface area contributed by atoms with Gasteiger partial charge in [0, 0.05) is 35.8 Å². The fourth-order valence-corrected chi connectivity index (χ4v) is 3.12. The molecule has 0 aliphatic rings. The maximum absolute atomic E-state index is 12.8. The predicted octanol–water partition coefficient (Wildman–Crippen LogP) is 4.33. The van der Waals surface area contributed by atoms with Gasteiger partial charge in [-0.05, 0) is 24.6 Å². The lowest BCUT2D eigenvalue weighted by Crippen LogP contribution is -2.25. The third-order valence-corrected chi connectivity index (χ3v) is 4.58. The summed E-state index contributed by atoms with van der Waals surface area (Å²) in [5.74, 6) is 0.107. The molecular formula is C20H28ClN3O2. The van der Waals surface area contributed by atoms with E-state index in [0.29, 0.717) is 21.8 Å². The van der Waals surface area contributed by atoms with E-state index >= 15 is 0 Å². The molecule has 2 aromatic rings. The van der Waals surface area contributed by atoms with E-state index in [1.165, 1.54) is 7.11 Å². The molecular weight excluding hydrogens is 350 g/mol. The topological polar surface area (TPSA) is 48.5 Å². The summed E-state index contributed by atoms with van der Waals surface area (Å²) >= 11 is 6.05. The number of hydrogen-bond acceptors (Lipinski definition) is 2. The van der Waals surface area contributed by atoms with Crippen LogP contribution in [-0.4, -0.2) is 22.4 Å². The molecule has 6 heteroatoms. The largest absolute Gasteiger partial charge is 0.496 e. The minimum absolute atomic E-state index is 0.0483. The second-order valence-electron chi connectivity index (χ2n) is 7.40. The zero-order valence-corrected chi connectivity index (χ0v) is 17.2. The van der Waals surface area contributed by atoms with Crippen LogP contribution in [0, 0.1) is 0 Å². The van der Waals surface area contributed by atoms with Crippen LogP contribution in [0.15, 0.2) is 29.3 Å². The molecule has 0 spiro atoms. The van der Waals surface area contributed by atoms with Gasteiger partial charge in [0.1, 0.15) is 5.75 Å². The average Bonchev–Trinajstić information content (AvgIpc) is 2.88. The molecule has 0 atom stereocenters. The summed E-state index contributed by atoms with van der Waals surface area (Å²) in [7, 11) is 3.54. The molecule has 0 saturated carbocycles. The number of methoxy groups -OCH3 is 1. The minimum atomic E-state index is -0.361. The number of ether oxygens (including phenoxy) is 1. The number of nitrogens with zero attached hydrogens (tertiary/aromatic N) is 3. The Bertz CT molecular complexity index is 857. The molecule has 0 aliphatic carbocycles. The van der Waals surface area contributed by atoms with Crippen LogP contribution in [0.25, 0.3) is 0 Å². The van der Waals surface area contributed by atoms with Crippen molar-refractivity contribution in [2.75, 3.05) is 7.11 Å². The van der Waals surface area contributed by atoms with Gasteiger partial charge in [0.05, 0.1) is 12.7 Å². The molecule has 0 aliphatic heterocycles. The molecule has 26 heavy (non-hydrogen) atoms. The van der Waals surface area contributed by atoms with E-state index in [1.54, 1.807) is 18.2 Å². The first-order chi connectivity index (χ1) is 12.2. The van der Waals surface area contributed by atoms with Gasteiger partial charge >= 0.3 is 0 Å². The number of unbranched alkanes of at least 4 members (excludes halogenated alkanes) is 1. The molecule has 0 fully saturated rings. The summed E-state index contributed by atoms with van der Waals surface area (Å²) in [6.45, 7) is 9.41. The number of hydrogen-bond donors (Lipinski definition) is 0. The monoisotopic (exact) mass is 377 g/mol. The Balaban J connectivity index is 2.59. The molecule has 5 nitrogen and oxygen atoms in total. The van der Waals surface area contributed by atoms with Gasteiger partial charge in [-0.2, -0.15) is 4.99 Å². The second-order valence-corrected chi connectivity index (χ2v) is 7.84. The van der Waals surface area contributed by atoms with E-state index in [1.807, 2.05) is 13.1 Å². The zero-order valence-electron chi connectivity index (χ0n) is 16.5. The van der Waals surface area contributed by atoms with Crippen molar-refractivity contribution < 1.29 is 9.53 Å². The highest BCUT2D eigenvalue weighted by molar-refractivity contribution is 6.31. The van der Waals surface area contributed by atoms with E-state index in [0.717, 1.165) is 25.1 Å². The minimum Gasteiger partial charge on any atom is -0.496 e. The number of aromatic nitrogens is 2. The maximum Gasteiger partial charge on any atom is 0.282 e. The first-order valence-electron chi connectivity index (χ1n) is 8.89. The highest BCUT2D eigenvalue weighted by atomic mass is 35.5. The predicted molar refractivity (Wildman–Crippen MR) is 105 cm³/mol. The van der Waals surface area contributed by atoms with Gasteiger partial charge in [-0.15, -0.1) is 0 Å². The first kappa shape index (κ1) is 20.3. The van der Waals surface area contributed by atoms with Gasteiger partial charge in [0.15, 0.2) is 5.49 Å². The molecule has 0 N–H and O–H groups in total. The third-order valence-electron chi connectivity index (χ3n) is 4.34. The molecule has 1 aromatic heterocycles. The van der Waals surface area contributed by atoms with Crippen molar-refractivity contribution >= 4 is 17.5 Å². The molecule has 0 unspecified atom stereocenters. The van der Waals surface area contributed by atoms with E-state index in [-0.39, 0.29) is 11.3 Å². The summed E-state index contributed by atoms with van der Waals surface area (Å²) in [6, 6.07) is 6.96. The number of rotatable bonds is 5. The molecule has 0 saturated heterocycles. The molecule has 1 aromatic carbocycles. The number of benzene rings is 1. The first-order valence-corrected chi connectivity index (χ1v) is 9.26. The Labute approximate surface area is 160 Å². The van der Waals surface area contributed by atoms with Crippen LogP contribution in [0.3, 0.4) is 0 Å². The SMILES string of the molecule is CCCCn1c(=NC(=O)c2cc(Cl)ccc2OC)cc(C(C)(C)C)n1C. The maximum atomic E-state index is 12.8. The Morgan fingerprint density at radius 2 is 1.96 bits per heavy atom. The van der Waals surface area contributed by atoms with Gasteiger partial charge in [-0.3, -0.25) is 14.2 Å². The van der Waals surface area contributed by atoms with Crippen molar-refractivity contribution in [2.24, 2.45) is 12.0 Å². The Hall–Kier alpha value is -2.01. The number of amides is 1. The van der Waals surface area contributed by atoms with E-state index < -0.39 is 0 Å². The lowest BCUT2D eigenvalue weighted by atomic mass is 9.92.